The molecular weight excluding hydrogens is 258 g/mol. The molecule has 1 aromatic heterocycles. The summed E-state index contributed by atoms with van der Waals surface area (Å²) in [4.78, 5) is 7.05. The number of aryl methyl sites for hydroxylation is 2. The van der Waals surface area contributed by atoms with Gasteiger partial charge in [0.05, 0.1) is 11.2 Å². The summed E-state index contributed by atoms with van der Waals surface area (Å²) in [7, 11) is 0. The zero-order chi connectivity index (χ0) is 14.2. The first-order valence-corrected chi connectivity index (χ1v) is 6.96. The second kappa shape index (κ2) is 5.06. The smallest absolute Gasteiger partial charge is 0.139 e. The van der Waals surface area contributed by atoms with Crippen LogP contribution in [0.15, 0.2) is 6.07 Å². The summed E-state index contributed by atoms with van der Waals surface area (Å²) >= 11 is 5.16. The number of rotatable bonds is 2. The molecule has 1 aliphatic heterocycles. The molecule has 2 heterocycles. The highest BCUT2D eigenvalue weighted by atomic mass is 32.1. The molecule has 1 aliphatic rings. The highest BCUT2D eigenvalue weighted by Gasteiger charge is 2.30. The van der Waals surface area contributed by atoms with Crippen LogP contribution in [-0.4, -0.2) is 33.8 Å². The lowest BCUT2D eigenvalue weighted by Gasteiger charge is -2.38. The van der Waals surface area contributed by atoms with Gasteiger partial charge in [-0.3, -0.25) is 0 Å². The molecule has 0 saturated carbocycles. The molecule has 0 bridgehead atoms. The van der Waals surface area contributed by atoms with Crippen LogP contribution in [-0.2, 0) is 0 Å². The number of nitrogens with two attached hydrogens (primary N) is 1. The lowest BCUT2D eigenvalue weighted by molar-refractivity contribution is 0.0447. The second-order valence-corrected chi connectivity index (χ2v) is 6.11. The van der Waals surface area contributed by atoms with Crippen LogP contribution in [0.25, 0.3) is 0 Å². The van der Waals surface area contributed by atoms with Gasteiger partial charge in [0.1, 0.15) is 10.8 Å². The van der Waals surface area contributed by atoms with E-state index in [-0.39, 0.29) is 0 Å². The lowest BCUT2D eigenvalue weighted by Crippen LogP contribution is -2.47. The SMILES string of the molecule is Cc1cc(C)c(C(N)=S)c(N2CCCC(C)(O)C2)n1. The first-order valence-electron chi connectivity index (χ1n) is 6.55. The van der Waals surface area contributed by atoms with Crippen molar-refractivity contribution in [2.24, 2.45) is 5.73 Å². The topological polar surface area (TPSA) is 62.4 Å². The van der Waals surface area contributed by atoms with Crippen molar-refractivity contribution in [2.45, 2.75) is 39.2 Å². The van der Waals surface area contributed by atoms with Gasteiger partial charge in [0.15, 0.2) is 0 Å². The van der Waals surface area contributed by atoms with Crippen LogP contribution in [0, 0.1) is 13.8 Å². The van der Waals surface area contributed by atoms with E-state index < -0.39 is 5.60 Å². The van der Waals surface area contributed by atoms with Crippen molar-refractivity contribution in [3.63, 3.8) is 0 Å². The Kier molecular flexibility index (Phi) is 3.78. The number of aromatic nitrogens is 1. The Morgan fingerprint density at radius 3 is 2.79 bits per heavy atom. The van der Waals surface area contributed by atoms with Crippen molar-refractivity contribution in [1.82, 2.24) is 4.98 Å². The molecule has 4 nitrogen and oxygen atoms in total. The quantitative estimate of drug-likeness (QED) is 0.807. The molecule has 1 aromatic rings. The van der Waals surface area contributed by atoms with Crippen LogP contribution < -0.4 is 10.6 Å². The van der Waals surface area contributed by atoms with E-state index >= 15 is 0 Å². The van der Waals surface area contributed by atoms with Gasteiger partial charge < -0.3 is 15.7 Å². The first-order chi connectivity index (χ1) is 8.80. The molecular formula is C14H21N3OS. The second-order valence-electron chi connectivity index (χ2n) is 5.67. The van der Waals surface area contributed by atoms with E-state index in [2.05, 4.69) is 9.88 Å². The normalized spacial score (nSPS) is 23.5. The number of anilines is 1. The van der Waals surface area contributed by atoms with Gasteiger partial charge in [0.25, 0.3) is 0 Å². The number of piperidine rings is 1. The van der Waals surface area contributed by atoms with Gasteiger partial charge >= 0.3 is 0 Å². The van der Waals surface area contributed by atoms with Gasteiger partial charge in [-0.05, 0) is 45.2 Å². The molecule has 2 rings (SSSR count). The molecule has 1 unspecified atom stereocenters. The van der Waals surface area contributed by atoms with Crippen molar-refractivity contribution in [3.05, 3.63) is 22.9 Å². The molecule has 1 fully saturated rings. The molecule has 0 aromatic carbocycles. The monoisotopic (exact) mass is 279 g/mol. The summed E-state index contributed by atoms with van der Waals surface area (Å²) in [6.45, 7) is 7.26. The van der Waals surface area contributed by atoms with E-state index in [0.717, 1.165) is 42.0 Å². The maximum absolute atomic E-state index is 10.2. The highest BCUT2D eigenvalue weighted by molar-refractivity contribution is 7.80. The third kappa shape index (κ3) is 3.04. The molecule has 0 amide bonds. The molecule has 1 saturated heterocycles. The van der Waals surface area contributed by atoms with Crippen molar-refractivity contribution in [3.8, 4) is 0 Å². The third-order valence-electron chi connectivity index (χ3n) is 3.55. The summed E-state index contributed by atoms with van der Waals surface area (Å²) in [5.74, 6) is 0.810. The zero-order valence-corrected chi connectivity index (χ0v) is 12.5. The lowest BCUT2D eigenvalue weighted by atomic mass is 9.94. The summed E-state index contributed by atoms with van der Waals surface area (Å²) in [5.41, 5.74) is 7.98. The van der Waals surface area contributed by atoms with Crippen LogP contribution in [0.4, 0.5) is 5.82 Å². The Hall–Kier alpha value is -1.20. The van der Waals surface area contributed by atoms with Crippen LogP contribution in [0.3, 0.4) is 0 Å². The van der Waals surface area contributed by atoms with Crippen LogP contribution in [0.1, 0.15) is 36.6 Å². The average Bonchev–Trinajstić information content (AvgIpc) is 2.25. The maximum atomic E-state index is 10.2. The minimum absolute atomic E-state index is 0.366. The Labute approximate surface area is 119 Å². The van der Waals surface area contributed by atoms with Crippen molar-refractivity contribution < 1.29 is 5.11 Å². The van der Waals surface area contributed by atoms with E-state index in [1.807, 2.05) is 26.8 Å². The Balaban J connectivity index is 2.46. The molecule has 3 N–H and O–H groups in total. The summed E-state index contributed by atoms with van der Waals surface area (Å²) in [5, 5.41) is 10.2. The molecule has 0 radical (unpaired) electrons. The molecule has 5 heteroatoms. The van der Waals surface area contributed by atoms with Gasteiger partial charge in [-0.1, -0.05) is 12.2 Å². The van der Waals surface area contributed by atoms with Crippen LogP contribution in [0.5, 0.6) is 0 Å². The van der Waals surface area contributed by atoms with Gasteiger partial charge in [-0.15, -0.1) is 0 Å². The summed E-state index contributed by atoms with van der Waals surface area (Å²) < 4.78 is 0. The van der Waals surface area contributed by atoms with E-state index in [9.17, 15) is 5.11 Å². The zero-order valence-electron chi connectivity index (χ0n) is 11.7. The number of hydrogen-bond donors (Lipinski definition) is 2. The van der Waals surface area contributed by atoms with Gasteiger partial charge in [0.2, 0.25) is 0 Å². The number of aliphatic hydroxyl groups is 1. The standard InChI is InChI=1S/C14H21N3OS/c1-9-7-10(2)16-13(11(9)12(15)19)17-6-4-5-14(3,18)8-17/h7,18H,4-6,8H2,1-3H3,(H2,15,19). The fraction of sp³-hybridized carbons (Fsp3) is 0.571. The van der Waals surface area contributed by atoms with E-state index in [1.54, 1.807) is 0 Å². The number of thiocarbonyl (C=S) groups is 1. The molecule has 0 spiro atoms. The van der Waals surface area contributed by atoms with Crippen molar-refractivity contribution >= 4 is 23.0 Å². The Morgan fingerprint density at radius 2 is 2.21 bits per heavy atom. The average molecular weight is 279 g/mol. The molecule has 104 valence electrons. The number of β-amino-alcohol motifs (C(OH)–C–C–N with tert-alkyl or cyclic N) is 1. The first kappa shape index (κ1) is 14.2. The molecule has 19 heavy (non-hydrogen) atoms. The van der Waals surface area contributed by atoms with Crippen molar-refractivity contribution in [1.29, 1.82) is 0 Å². The fourth-order valence-corrected chi connectivity index (χ4v) is 3.00. The minimum atomic E-state index is -0.676. The number of hydrogen-bond acceptors (Lipinski definition) is 4. The van der Waals surface area contributed by atoms with Crippen LogP contribution >= 0.6 is 12.2 Å². The van der Waals surface area contributed by atoms with Gasteiger partial charge in [0, 0.05) is 18.8 Å². The largest absolute Gasteiger partial charge is 0.389 e. The predicted octanol–water partition coefficient (Wildman–Crippen LogP) is 1.68. The molecule has 1 atom stereocenters. The Morgan fingerprint density at radius 1 is 1.53 bits per heavy atom. The van der Waals surface area contributed by atoms with Crippen LogP contribution in [0.2, 0.25) is 0 Å². The van der Waals surface area contributed by atoms with E-state index in [1.165, 1.54) is 0 Å². The maximum Gasteiger partial charge on any atom is 0.139 e. The fourth-order valence-electron chi connectivity index (χ4n) is 2.75. The molecule has 0 aliphatic carbocycles. The minimum Gasteiger partial charge on any atom is -0.389 e. The third-order valence-corrected chi connectivity index (χ3v) is 3.75. The van der Waals surface area contributed by atoms with E-state index in [0.29, 0.717) is 11.5 Å². The number of pyridine rings is 1. The predicted molar refractivity (Wildman–Crippen MR) is 81.7 cm³/mol. The number of nitrogens with zero attached hydrogens (tertiary/aromatic N) is 2. The Bertz CT molecular complexity index is 514. The summed E-state index contributed by atoms with van der Waals surface area (Å²) in [6.07, 6.45) is 1.76. The summed E-state index contributed by atoms with van der Waals surface area (Å²) in [6, 6.07) is 1.99. The van der Waals surface area contributed by atoms with Gasteiger partial charge in [-0.2, -0.15) is 0 Å². The van der Waals surface area contributed by atoms with E-state index in [4.69, 9.17) is 18.0 Å². The van der Waals surface area contributed by atoms with Gasteiger partial charge in [-0.25, -0.2) is 4.98 Å². The van der Waals surface area contributed by atoms with Crippen molar-refractivity contribution in [2.75, 3.05) is 18.0 Å². The highest BCUT2D eigenvalue weighted by Crippen LogP contribution is 2.28.